The van der Waals surface area contributed by atoms with Crippen molar-refractivity contribution in [2.75, 3.05) is 13.7 Å². The number of carbonyl (C=O) groups is 2. The average Bonchev–Trinajstić information content (AvgIpc) is 2.77. The van der Waals surface area contributed by atoms with Crippen LogP contribution in [0.4, 0.5) is 0 Å². The molecule has 6 heteroatoms. The fourth-order valence-corrected chi connectivity index (χ4v) is 1.84. The first-order valence-electron chi connectivity index (χ1n) is 4.67. The molecule has 16 heavy (non-hydrogen) atoms. The van der Waals surface area contributed by atoms with E-state index in [1.807, 2.05) is 17.5 Å². The van der Waals surface area contributed by atoms with Crippen LogP contribution >= 0.6 is 11.3 Å². The van der Waals surface area contributed by atoms with Crippen LogP contribution in [0.3, 0.4) is 0 Å². The minimum atomic E-state index is -0.988. The van der Waals surface area contributed by atoms with E-state index < -0.39 is 18.6 Å². The largest absolute Gasteiger partial charge is 0.467 e. The van der Waals surface area contributed by atoms with Gasteiger partial charge >= 0.3 is 5.97 Å². The molecule has 0 aliphatic rings. The summed E-state index contributed by atoms with van der Waals surface area (Å²) in [6, 6.07) is 2.69. The lowest BCUT2D eigenvalue weighted by Crippen LogP contribution is -2.44. The van der Waals surface area contributed by atoms with Crippen molar-refractivity contribution in [1.82, 2.24) is 5.32 Å². The zero-order valence-electron chi connectivity index (χ0n) is 8.80. The highest BCUT2D eigenvalue weighted by atomic mass is 32.1. The number of nitrogens with one attached hydrogen (secondary N) is 1. The molecule has 0 spiro atoms. The van der Waals surface area contributed by atoms with E-state index in [4.69, 9.17) is 5.11 Å². The van der Waals surface area contributed by atoms with Gasteiger partial charge < -0.3 is 15.2 Å². The van der Waals surface area contributed by atoms with Crippen LogP contribution in [-0.2, 0) is 20.7 Å². The molecule has 1 unspecified atom stereocenters. The van der Waals surface area contributed by atoms with E-state index in [2.05, 4.69) is 10.1 Å². The number of amides is 1. The third kappa shape index (κ3) is 3.63. The third-order valence-corrected chi connectivity index (χ3v) is 2.79. The molecule has 0 saturated carbocycles. The summed E-state index contributed by atoms with van der Waals surface area (Å²) < 4.78 is 4.43. The number of thiophene rings is 1. The van der Waals surface area contributed by atoms with Gasteiger partial charge in [0.05, 0.1) is 20.1 Å². The monoisotopic (exact) mass is 243 g/mol. The predicted molar refractivity (Wildman–Crippen MR) is 59.1 cm³/mol. The Kier molecular flexibility index (Phi) is 4.94. The normalized spacial score (nSPS) is 11.9. The van der Waals surface area contributed by atoms with Gasteiger partial charge in [0, 0.05) is 4.88 Å². The van der Waals surface area contributed by atoms with Crippen LogP contribution in [0.1, 0.15) is 4.88 Å². The molecule has 1 aromatic heterocycles. The number of ether oxygens (including phenoxy) is 1. The number of methoxy groups -OCH3 is 1. The van der Waals surface area contributed by atoms with Gasteiger partial charge in [-0.2, -0.15) is 0 Å². The van der Waals surface area contributed by atoms with Crippen LogP contribution in [-0.4, -0.2) is 36.7 Å². The van der Waals surface area contributed by atoms with Crippen LogP contribution in [0.5, 0.6) is 0 Å². The predicted octanol–water partition coefficient (Wildman–Crippen LogP) is -0.0593. The van der Waals surface area contributed by atoms with E-state index in [1.54, 1.807) is 0 Å². The van der Waals surface area contributed by atoms with Crippen LogP contribution < -0.4 is 5.32 Å². The first kappa shape index (κ1) is 12.7. The van der Waals surface area contributed by atoms with Gasteiger partial charge in [-0.25, -0.2) is 4.79 Å². The summed E-state index contributed by atoms with van der Waals surface area (Å²) >= 11 is 1.46. The summed E-state index contributed by atoms with van der Waals surface area (Å²) in [6.45, 7) is -0.469. The summed E-state index contributed by atoms with van der Waals surface area (Å²) in [5, 5.41) is 13.2. The zero-order chi connectivity index (χ0) is 12.0. The van der Waals surface area contributed by atoms with E-state index >= 15 is 0 Å². The van der Waals surface area contributed by atoms with Gasteiger partial charge in [-0.15, -0.1) is 11.3 Å². The van der Waals surface area contributed by atoms with Crippen molar-refractivity contribution in [3.05, 3.63) is 22.4 Å². The van der Waals surface area contributed by atoms with Crippen molar-refractivity contribution in [2.24, 2.45) is 0 Å². The van der Waals surface area contributed by atoms with Gasteiger partial charge in [0.15, 0.2) is 6.04 Å². The molecular formula is C10H13NO4S. The second-order valence-electron chi connectivity index (χ2n) is 3.08. The van der Waals surface area contributed by atoms with Gasteiger partial charge in [0.1, 0.15) is 0 Å². The van der Waals surface area contributed by atoms with E-state index in [1.165, 1.54) is 18.4 Å². The van der Waals surface area contributed by atoms with Gasteiger partial charge in [0.2, 0.25) is 5.91 Å². The van der Waals surface area contributed by atoms with E-state index in [0.29, 0.717) is 0 Å². The Morgan fingerprint density at radius 3 is 2.88 bits per heavy atom. The summed E-state index contributed by atoms with van der Waals surface area (Å²) in [5.41, 5.74) is 0. The quantitative estimate of drug-likeness (QED) is 0.710. The Morgan fingerprint density at radius 1 is 1.62 bits per heavy atom. The fraction of sp³-hybridized carbons (Fsp3) is 0.400. The maximum Gasteiger partial charge on any atom is 0.330 e. The highest BCUT2D eigenvalue weighted by molar-refractivity contribution is 7.10. The molecule has 0 radical (unpaired) electrons. The summed E-state index contributed by atoms with van der Waals surface area (Å²) in [5.74, 6) is -0.964. The Morgan fingerprint density at radius 2 is 2.38 bits per heavy atom. The Hall–Kier alpha value is -1.40. The minimum absolute atomic E-state index is 0.200. The van der Waals surface area contributed by atoms with Crippen molar-refractivity contribution < 1.29 is 19.4 Å². The number of carbonyl (C=O) groups excluding carboxylic acids is 2. The van der Waals surface area contributed by atoms with Crippen molar-refractivity contribution in [1.29, 1.82) is 0 Å². The second kappa shape index (κ2) is 6.24. The van der Waals surface area contributed by atoms with Gasteiger partial charge in [-0.1, -0.05) is 6.07 Å². The number of aliphatic hydroxyl groups excluding tert-OH is 1. The molecule has 2 N–H and O–H groups in total. The molecule has 1 amide bonds. The average molecular weight is 243 g/mol. The van der Waals surface area contributed by atoms with Gasteiger partial charge in [-0.05, 0) is 11.4 Å². The SMILES string of the molecule is COC(=O)C(CO)NC(=O)Cc1cccs1. The topological polar surface area (TPSA) is 75.6 Å². The minimum Gasteiger partial charge on any atom is -0.467 e. The number of aliphatic hydroxyl groups is 1. The highest BCUT2D eigenvalue weighted by Gasteiger charge is 2.20. The smallest absolute Gasteiger partial charge is 0.330 e. The van der Waals surface area contributed by atoms with Gasteiger partial charge in [0.25, 0.3) is 0 Å². The van der Waals surface area contributed by atoms with Crippen molar-refractivity contribution >= 4 is 23.2 Å². The maximum atomic E-state index is 11.5. The molecule has 88 valence electrons. The lowest BCUT2D eigenvalue weighted by atomic mass is 10.2. The molecule has 1 heterocycles. The summed E-state index contributed by atoms with van der Waals surface area (Å²) in [7, 11) is 1.20. The van der Waals surface area contributed by atoms with Gasteiger partial charge in [-0.3, -0.25) is 4.79 Å². The van der Waals surface area contributed by atoms with Crippen molar-refractivity contribution in [2.45, 2.75) is 12.5 Å². The van der Waals surface area contributed by atoms with Crippen LogP contribution in [0, 0.1) is 0 Å². The summed E-state index contributed by atoms with van der Waals surface area (Å²) in [6.07, 6.45) is 0.200. The fourth-order valence-electron chi connectivity index (χ4n) is 1.14. The Labute approximate surface area is 97.0 Å². The van der Waals surface area contributed by atoms with Crippen molar-refractivity contribution in [3.63, 3.8) is 0 Å². The number of hydrogen-bond acceptors (Lipinski definition) is 5. The molecule has 1 atom stereocenters. The van der Waals surface area contributed by atoms with Crippen molar-refractivity contribution in [3.8, 4) is 0 Å². The van der Waals surface area contributed by atoms with E-state index in [0.717, 1.165) is 4.88 Å². The molecule has 1 rings (SSSR count). The van der Waals surface area contributed by atoms with E-state index in [9.17, 15) is 9.59 Å². The molecule has 1 aromatic rings. The molecule has 0 aliphatic heterocycles. The Bertz CT molecular complexity index is 350. The standard InChI is InChI=1S/C10H13NO4S/c1-15-10(14)8(6-12)11-9(13)5-7-3-2-4-16-7/h2-4,8,12H,5-6H2,1H3,(H,11,13). The molecule has 0 fully saturated rings. The molecule has 5 nitrogen and oxygen atoms in total. The molecule has 0 bridgehead atoms. The number of hydrogen-bond donors (Lipinski definition) is 2. The lowest BCUT2D eigenvalue weighted by molar-refractivity contribution is -0.146. The first-order chi connectivity index (χ1) is 7.67. The number of esters is 1. The molecule has 0 saturated heterocycles. The lowest BCUT2D eigenvalue weighted by Gasteiger charge is -2.13. The van der Waals surface area contributed by atoms with Crippen LogP contribution in [0.2, 0.25) is 0 Å². The first-order valence-corrected chi connectivity index (χ1v) is 5.55. The highest BCUT2D eigenvalue weighted by Crippen LogP contribution is 2.08. The zero-order valence-corrected chi connectivity index (χ0v) is 9.62. The van der Waals surface area contributed by atoms with E-state index in [-0.39, 0.29) is 12.3 Å². The third-order valence-electron chi connectivity index (χ3n) is 1.92. The molecule has 0 aromatic carbocycles. The second-order valence-corrected chi connectivity index (χ2v) is 4.11. The summed E-state index contributed by atoms with van der Waals surface area (Å²) in [4.78, 5) is 23.5. The molecular weight excluding hydrogens is 230 g/mol. The number of rotatable bonds is 5. The Balaban J connectivity index is 2.46. The molecule has 0 aliphatic carbocycles. The maximum absolute atomic E-state index is 11.5. The van der Waals surface area contributed by atoms with Crippen LogP contribution in [0.15, 0.2) is 17.5 Å². The van der Waals surface area contributed by atoms with Crippen LogP contribution in [0.25, 0.3) is 0 Å².